The summed E-state index contributed by atoms with van der Waals surface area (Å²) >= 11 is 0. The minimum atomic E-state index is -3.85. The molecule has 2 aliphatic rings. The summed E-state index contributed by atoms with van der Waals surface area (Å²) in [5, 5.41) is 13.2. The van der Waals surface area contributed by atoms with Gasteiger partial charge in [0, 0.05) is 12.2 Å². The Kier molecular flexibility index (Phi) is 7.45. The average molecular weight is 475 g/mol. The molecule has 2 aromatic carbocycles. The van der Waals surface area contributed by atoms with Gasteiger partial charge in [0.1, 0.15) is 0 Å². The Balaban J connectivity index is 1.49. The second-order valence-electron chi connectivity index (χ2n) is 8.64. The minimum absolute atomic E-state index is 0.0194. The first-order valence-electron chi connectivity index (χ1n) is 11.2. The smallest absolute Gasteiger partial charge is 0.243 e. The van der Waals surface area contributed by atoms with Crippen LogP contribution in [0.15, 0.2) is 59.5 Å². The van der Waals surface area contributed by atoms with Crippen molar-refractivity contribution < 1.29 is 27.8 Å². The molecule has 2 aromatic rings. The summed E-state index contributed by atoms with van der Waals surface area (Å²) in [5.41, 5.74) is 1.56. The van der Waals surface area contributed by atoms with Crippen LogP contribution < -0.4 is 5.32 Å². The average Bonchev–Trinajstić information content (AvgIpc) is 2.77. The van der Waals surface area contributed by atoms with E-state index in [4.69, 9.17) is 9.47 Å². The number of sulfonamides is 1. The summed E-state index contributed by atoms with van der Waals surface area (Å²) in [5.74, 6) is -0.156. The number of aliphatic hydroxyl groups is 1. The lowest BCUT2D eigenvalue weighted by Crippen LogP contribution is -2.57. The first-order valence-corrected chi connectivity index (χ1v) is 12.6. The van der Waals surface area contributed by atoms with Crippen molar-refractivity contribution in [2.75, 3.05) is 25.1 Å². The van der Waals surface area contributed by atoms with Gasteiger partial charge in [-0.25, -0.2) is 8.42 Å². The molecule has 0 unspecified atom stereocenters. The van der Waals surface area contributed by atoms with Crippen molar-refractivity contribution in [2.24, 2.45) is 0 Å². The molecule has 2 N–H and O–H groups in total. The molecule has 1 amide bonds. The van der Waals surface area contributed by atoms with Gasteiger partial charge in [0.2, 0.25) is 15.9 Å². The number of nitrogens with one attached hydrogen (secondary N) is 1. The lowest BCUT2D eigenvalue weighted by atomic mass is 9.96. The van der Waals surface area contributed by atoms with Crippen LogP contribution in [0.1, 0.15) is 24.8 Å². The predicted octanol–water partition coefficient (Wildman–Crippen LogP) is 2.32. The monoisotopic (exact) mass is 474 g/mol. The molecule has 0 saturated carbocycles. The number of hydrogen-bond donors (Lipinski definition) is 2. The molecule has 8 nitrogen and oxygen atoms in total. The van der Waals surface area contributed by atoms with Gasteiger partial charge in [0.25, 0.3) is 0 Å². The molecule has 0 aliphatic carbocycles. The zero-order chi connectivity index (χ0) is 23.4. The number of para-hydroxylation sites is 1. The van der Waals surface area contributed by atoms with Crippen molar-refractivity contribution in [1.29, 1.82) is 0 Å². The van der Waals surface area contributed by atoms with Gasteiger partial charge in [0.15, 0.2) is 0 Å². The van der Waals surface area contributed by atoms with Crippen molar-refractivity contribution in [3.05, 3.63) is 60.2 Å². The highest BCUT2D eigenvalue weighted by molar-refractivity contribution is 7.89. The second kappa shape index (κ2) is 10.3. The van der Waals surface area contributed by atoms with Crippen LogP contribution >= 0.6 is 0 Å². The Hall–Kier alpha value is -2.30. The Morgan fingerprint density at radius 2 is 1.91 bits per heavy atom. The third-order valence-electron chi connectivity index (χ3n) is 6.00. The van der Waals surface area contributed by atoms with E-state index in [1.165, 1.54) is 4.31 Å². The van der Waals surface area contributed by atoms with Gasteiger partial charge in [-0.1, -0.05) is 30.3 Å². The third kappa shape index (κ3) is 5.80. The summed E-state index contributed by atoms with van der Waals surface area (Å²) in [6, 6.07) is 15.5. The molecule has 33 heavy (non-hydrogen) atoms. The fraction of sp³-hybridized carbons (Fsp3) is 0.458. The summed E-state index contributed by atoms with van der Waals surface area (Å²) in [6.07, 6.45) is -0.591. The summed E-state index contributed by atoms with van der Waals surface area (Å²) < 4.78 is 40.2. The number of carbonyl (C=O) groups is 1. The van der Waals surface area contributed by atoms with E-state index in [-0.39, 0.29) is 43.1 Å². The predicted molar refractivity (Wildman–Crippen MR) is 123 cm³/mol. The van der Waals surface area contributed by atoms with Crippen molar-refractivity contribution >= 4 is 21.6 Å². The normalized spacial score (nSPS) is 26.6. The highest BCUT2D eigenvalue weighted by Gasteiger charge is 2.43. The van der Waals surface area contributed by atoms with Crippen molar-refractivity contribution in [3.8, 4) is 0 Å². The van der Waals surface area contributed by atoms with Gasteiger partial charge < -0.3 is 19.9 Å². The van der Waals surface area contributed by atoms with Crippen LogP contribution in [0.3, 0.4) is 0 Å². The lowest BCUT2D eigenvalue weighted by molar-refractivity contribution is -0.144. The van der Waals surface area contributed by atoms with E-state index in [1.807, 2.05) is 43.3 Å². The number of rotatable bonds is 5. The molecule has 0 bridgehead atoms. The Morgan fingerprint density at radius 1 is 1.12 bits per heavy atom. The van der Waals surface area contributed by atoms with E-state index in [1.54, 1.807) is 18.2 Å². The summed E-state index contributed by atoms with van der Waals surface area (Å²) in [6.45, 7) is 1.94. The van der Waals surface area contributed by atoms with Gasteiger partial charge in [0.05, 0.1) is 48.9 Å². The number of fused-ring (bicyclic) bond motifs is 1. The fourth-order valence-electron chi connectivity index (χ4n) is 4.42. The van der Waals surface area contributed by atoms with E-state index < -0.39 is 28.3 Å². The second-order valence-corrected chi connectivity index (χ2v) is 10.5. The van der Waals surface area contributed by atoms with E-state index >= 15 is 0 Å². The molecule has 2 heterocycles. The van der Waals surface area contributed by atoms with Gasteiger partial charge in [-0.3, -0.25) is 4.79 Å². The molecule has 2 fully saturated rings. The van der Waals surface area contributed by atoms with Crippen molar-refractivity contribution in [3.63, 3.8) is 0 Å². The molecule has 4 rings (SSSR count). The SMILES string of the molecule is Cc1cccc(S(=O)(=O)N2C[C@H](O)COC[C@H]3O[C@@H](CC(=O)Nc4ccccc4)CC[C@@H]32)c1. The van der Waals surface area contributed by atoms with Gasteiger partial charge >= 0.3 is 0 Å². The van der Waals surface area contributed by atoms with E-state index in [0.717, 1.165) is 11.3 Å². The first kappa shape index (κ1) is 23.8. The topological polar surface area (TPSA) is 105 Å². The number of nitrogens with zero attached hydrogens (tertiary/aromatic N) is 1. The molecule has 9 heteroatoms. The molecule has 0 radical (unpaired) electrons. The maximum Gasteiger partial charge on any atom is 0.243 e. The standard InChI is InChI=1S/C24H30N2O6S/c1-17-6-5-9-21(12-17)33(29,30)26-14-19(27)15-31-16-23-22(26)11-10-20(32-23)13-24(28)25-18-7-3-2-4-8-18/h2-9,12,19-20,22-23,27H,10-11,13-16H2,1H3,(H,25,28)/t19-,20+,22-,23+/m0/s1. The lowest BCUT2D eigenvalue weighted by Gasteiger charge is -2.43. The quantitative estimate of drug-likeness (QED) is 0.689. The van der Waals surface area contributed by atoms with Crippen LogP contribution in [-0.2, 0) is 24.3 Å². The van der Waals surface area contributed by atoms with Crippen LogP contribution in [0.4, 0.5) is 5.69 Å². The molecule has 2 aliphatic heterocycles. The number of hydrogen-bond acceptors (Lipinski definition) is 6. The largest absolute Gasteiger partial charge is 0.389 e. The Labute approximate surface area is 194 Å². The zero-order valence-corrected chi connectivity index (χ0v) is 19.4. The number of aryl methyl sites for hydroxylation is 1. The third-order valence-corrected chi connectivity index (χ3v) is 7.89. The number of carbonyl (C=O) groups excluding carboxylic acids is 1. The number of anilines is 1. The molecule has 4 atom stereocenters. The molecular weight excluding hydrogens is 444 g/mol. The van der Waals surface area contributed by atoms with E-state index in [9.17, 15) is 18.3 Å². The van der Waals surface area contributed by atoms with Crippen molar-refractivity contribution in [2.45, 2.75) is 55.4 Å². The zero-order valence-electron chi connectivity index (χ0n) is 18.6. The van der Waals surface area contributed by atoms with Gasteiger partial charge in [-0.05, 0) is 49.6 Å². The first-order chi connectivity index (χ1) is 15.8. The van der Waals surface area contributed by atoms with Crippen LogP contribution in [0, 0.1) is 6.92 Å². The molecule has 0 spiro atoms. The molecule has 0 aromatic heterocycles. The maximum absolute atomic E-state index is 13.5. The number of benzene rings is 2. The molecular formula is C24H30N2O6S. The highest BCUT2D eigenvalue weighted by atomic mass is 32.2. The van der Waals surface area contributed by atoms with Crippen LogP contribution in [-0.4, -0.2) is 67.8 Å². The fourth-order valence-corrected chi connectivity index (χ4v) is 6.24. The van der Waals surface area contributed by atoms with Crippen LogP contribution in [0.2, 0.25) is 0 Å². The Morgan fingerprint density at radius 3 is 2.67 bits per heavy atom. The highest BCUT2D eigenvalue weighted by Crippen LogP contribution is 2.31. The van der Waals surface area contributed by atoms with Crippen LogP contribution in [0.5, 0.6) is 0 Å². The maximum atomic E-state index is 13.5. The summed E-state index contributed by atoms with van der Waals surface area (Å²) in [4.78, 5) is 12.7. The molecule has 2 saturated heterocycles. The van der Waals surface area contributed by atoms with Crippen molar-refractivity contribution in [1.82, 2.24) is 4.31 Å². The molecule has 178 valence electrons. The number of β-amino-alcohol motifs (C(OH)–C–C–N with tert-alkyl or cyclic N) is 1. The number of amides is 1. The minimum Gasteiger partial charge on any atom is -0.389 e. The number of aliphatic hydroxyl groups excluding tert-OH is 1. The van der Waals surface area contributed by atoms with Crippen LogP contribution in [0.25, 0.3) is 0 Å². The summed E-state index contributed by atoms with van der Waals surface area (Å²) in [7, 11) is -3.85. The van der Waals surface area contributed by atoms with E-state index in [2.05, 4.69) is 5.32 Å². The number of ether oxygens (including phenoxy) is 2. The van der Waals surface area contributed by atoms with E-state index in [0.29, 0.717) is 12.8 Å². The van der Waals surface area contributed by atoms with Gasteiger partial charge in [-0.2, -0.15) is 4.31 Å². The van der Waals surface area contributed by atoms with Gasteiger partial charge in [-0.15, -0.1) is 0 Å². The Bertz CT molecular complexity index is 1060.